The average Bonchev–Trinajstić information content (AvgIpc) is 3.06. The van der Waals surface area contributed by atoms with Gasteiger partial charge < -0.3 is 0 Å². The molecule has 0 N–H and O–H groups in total. The largest absolute Gasteiger partial charge is 0.232 e. The van der Waals surface area contributed by atoms with Gasteiger partial charge in [-0.25, -0.2) is 4.68 Å². The summed E-state index contributed by atoms with van der Waals surface area (Å²) in [6.07, 6.45) is 4.87. The van der Waals surface area contributed by atoms with Crippen LogP contribution in [-0.4, -0.2) is 9.78 Å². The molecule has 0 amide bonds. The van der Waals surface area contributed by atoms with E-state index in [0.717, 1.165) is 23.4 Å². The van der Waals surface area contributed by atoms with Crippen LogP contribution in [0.5, 0.6) is 0 Å². The lowest BCUT2D eigenvalue weighted by Crippen LogP contribution is -2.04. The summed E-state index contributed by atoms with van der Waals surface area (Å²) in [5, 5.41) is 13.8. The first-order chi connectivity index (χ1) is 11.7. The number of hydrogen-bond acceptors (Lipinski definition) is 2. The summed E-state index contributed by atoms with van der Waals surface area (Å²) in [4.78, 5) is 0. The van der Waals surface area contributed by atoms with Gasteiger partial charge in [-0.15, -0.1) is 0 Å². The molecule has 0 bridgehead atoms. The SMILES string of the molecule is Cc1cccc(-n2nc(C#N)cc2-c2ccc3c(c2)CCCC3)c1. The van der Waals surface area contributed by atoms with Gasteiger partial charge in [0.1, 0.15) is 6.07 Å². The second-order valence-corrected chi connectivity index (χ2v) is 6.47. The molecule has 118 valence electrons. The molecule has 0 aliphatic heterocycles. The maximum absolute atomic E-state index is 9.29. The van der Waals surface area contributed by atoms with Gasteiger partial charge in [-0.05, 0) is 67.5 Å². The van der Waals surface area contributed by atoms with E-state index in [1.54, 1.807) is 0 Å². The van der Waals surface area contributed by atoms with Crippen molar-refractivity contribution in [2.24, 2.45) is 0 Å². The maximum Gasteiger partial charge on any atom is 0.163 e. The Morgan fingerprint density at radius 3 is 2.62 bits per heavy atom. The summed E-state index contributed by atoms with van der Waals surface area (Å²) in [7, 11) is 0. The molecule has 24 heavy (non-hydrogen) atoms. The minimum absolute atomic E-state index is 0.448. The average molecular weight is 313 g/mol. The number of aromatic nitrogens is 2. The third-order valence-corrected chi connectivity index (χ3v) is 4.71. The Labute approximate surface area is 142 Å². The van der Waals surface area contributed by atoms with Gasteiger partial charge in [0.05, 0.1) is 11.4 Å². The predicted molar refractivity (Wildman–Crippen MR) is 95.1 cm³/mol. The molecule has 3 heteroatoms. The summed E-state index contributed by atoms with van der Waals surface area (Å²) in [5.41, 5.74) is 7.63. The van der Waals surface area contributed by atoms with E-state index in [9.17, 15) is 5.26 Å². The Hall–Kier alpha value is -2.86. The number of rotatable bonds is 2. The lowest BCUT2D eigenvalue weighted by Gasteiger charge is -2.17. The van der Waals surface area contributed by atoms with Crippen LogP contribution >= 0.6 is 0 Å². The molecule has 1 aromatic heterocycles. The fourth-order valence-electron chi connectivity index (χ4n) is 3.49. The molecule has 0 atom stereocenters. The summed E-state index contributed by atoms with van der Waals surface area (Å²) >= 11 is 0. The van der Waals surface area contributed by atoms with E-state index in [-0.39, 0.29) is 0 Å². The molecule has 0 saturated carbocycles. The first kappa shape index (κ1) is 14.7. The Morgan fingerprint density at radius 1 is 1.00 bits per heavy atom. The van der Waals surface area contributed by atoms with Crippen LogP contribution in [0.15, 0.2) is 48.5 Å². The van der Waals surface area contributed by atoms with E-state index >= 15 is 0 Å². The van der Waals surface area contributed by atoms with E-state index in [2.05, 4.69) is 48.4 Å². The van der Waals surface area contributed by atoms with E-state index < -0.39 is 0 Å². The number of hydrogen-bond donors (Lipinski definition) is 0. The van der Waals surface area contributed by atoms with Crippen molar-refractivity contribution in [3.05, 3.63) is 70.9 Å². The molecule has 2 aromatic carbocycles. The third kappa shape index (κ3) is 2.61. The van der Waals surface area contributed by atoms with Crippen LogP contribution < -0.4 is 0 Å². The minimum atomic E-state index is 0.448. The van der Waals surface area contributed by atoms with Gasteiger partial charge in [0.25, 0.3) is 0 Å². The van der Waals surface area contributed by atoms with Crippen LogP contribution in [-0.2, 0) is 12.8 Å². The molecule has 1 aliphatic carbocycles. The van der Waals surface area contributed by atoms with E-state index in [4.69, 9.17) is 0 Å². The molecular formula is C21H19N3. The highest BCUT2D eigenvalue weighted by Crippen LogP contribution is 2.29. The molecule has 0 fully saturated rings. The quantitative estimate of drug-likeness (QED) is 0.694. The van der Waals surface area contributed by atoms with Gasteiger partial charge >= 0.3 is 0 Å². The van der Waals surface area contributed by atoms with Gasteiger partial charge in [-0.2, -0.15) is 10.4 Å². The Bertz CT molecular complexity index is 944. The van der Waals surface area contributed by atoms with Crippen molar-refractivity contribution < 1.29 is 0 Å². The van der Waals surface area contributed by atoms with Crippen molar-refractivity contribution in [3.8, 4) is 23.0 Å². The number of fused-ring (bicyclic) bond motifs is 1. The van der Waals surface area contributed by atoms with Crippen molar-refractivity contribution in [2.75, 3.05) is 0 Å². The molecule has 1 heterocycles. The van der Waals surface area contributed by atoms with Crippen molar-refractivity contribution in [1.82, 2.24) is 9.78 Å². The lowest BCUT2D eigenvalue weighted by molar-refractivity contribution is 0.686. The molecule has 0 radical (unpaired) electrons. The van der Waals surface area contributed by atoms with Gasteiger partial charge in [0.2, 0.25) is 0 Å². The van der Waals surface area contributed by atoms with Crippen molar-refractivity contribution in [3.63, 3.8) is 0 Å². The zero-order valence-corrected chi connectivity index (χ0v) is 13.8. The fraction of sp³-hybridized carbons (Fsp3) is 0.238. The first-order valence-corrected chi connectivity index (χ1v) is 8.44. The van der Waals surface area contributed by atoms with Crippen LogP contribution in [0.3, 0.4) is 0 Å². The summed E-state index contributed by atoms with van der Waals surface area (Å²) in [5.74, 6) is 0. The van der Waals surface area contributed by atoms with Gasteiger partial charge in [-0.1, -0.05) is 24.3 Å². The normalized spacial score (nSPS) is 13.3. The molecule has 3 aromatic rings. The number of nitrogens with zero attached hydrogens (tertiary/aromatic N) is 3. The van der Waals surface area contributed by atoms with Crippen LogP contribution in [0, 0.1) is 18.3 Å². The van der Waals surface area contributed by atoms with Crippen molar-refractivity contribution in [2.45, 2.75) is 32.6 Å². The van der Waals surface area contributed by atoms with Crippen LogP contribution in [0.2, 0.25) is 0 Å². The predicted octanol–water partition coefficient (Wildman–Crippen LogP) is 4.60. The van der Waals surface area contributed by atoms with Gasteiger partial charge in [0.15, 0.2) is 5.69 Å². The molecule has 0 spiro atoms. The van der Waals surface area contributed by atoms with Crippen molar-refractivity contribution in [1.29, 1.82) is 5.26 Å². The maximum atomic E-state index is 9.29. The zero-order chi connectivity index (χ0) is 16.5. The zero-order valence-electron chi connectivity index (χ0n) is 13.8. The van der Waals surface area contributed by atoms with Crippen molar-refractivity contribution >= 4 is 0 Å². The third-order valence-electron chi connectivity index (χ3n) is 4.71. The highest BCUT2D eigenvalue weighted by atomic mass is 15.3. The van der Waals surface area contributed by atoms with E-state index in [1.165, 1.54) is 36.0 Å². The highest BCUT2D eigenvalue weighted by Gasteiger charge is 2.15. The second-order valence-electron chi connectivity index (χ2n) is 6.47. The molecular weight excluding hydrogens is 294 g/mol. The van der Waals surface area contributed by atoms with Crippen LogP contribution in [0.4, 0.5) is 0 Å². The van der Waals surface area contributed by atoms with Gasteiger partial charge in [-0.3, -0.25) is 0 Å². The highest BCUT2D eigenvalue weighted by molar-refractivity contribution is 5.65. The molecule has 0 unspecified atom stereocenters. The molecule has 1 aliphatic rings. The minimum Gasteiger partial charge on any atom is -0.232 e. The number of aryl methyl sites for hydroxylation is 3. The monoisotopic (exact) mass is 313 g/mol. The van der Waals surface area contributed by atoms with E-state index in [0.29, 0.717) is 5.69 Å². The summed E-state index contributed by atoms with van der Waals surface area (Å²) in [6.45, 7) is 2.07. The van der Waals surface area contributed by atoms with E-state index in [1.807, 2.05) is 22.9 Å². The summed E-state index contributed by atoms with van der Waals surface area (Å²) in [6, 6.07) is 18.9. The number of nitriles is 1. The molecule has 0 saturated heterocycles. The van der Waals surface area contributed by atoms with Crippen LogP contribution in [0.25, 0.3) is 16.9 Å². The Balaban J connectivity index is 1.86. The Kier molecular flexibility index (Phi) is 3.66. The fourth-order valence-corrected chi connectivity index (χ4v) is 3.49. The first-order valence-electron chi connectivity index (χ1n) is 8.44. The smallest absolute Gasteiger partial charge is 0.163 e. The topological polar surface area (TPSA) is 41.6 Å². The standard InChI is InChI=1S/C21H19N3/c1-15-5-4-8-20(11-15)24-21(13-19(14-22)23-24)18-10-9-16-6-2-3-7-17(16)12-18/h4-5,8-13H,2-3,6-7H2,1H3. The second kappa shape index (κ2) is 5.98. The van der Waals surface area contributed by atoms with Gasteiger partial charge in [0, 0.05) is 11.6 Å². The van der Waals surface area contributed by atoms with Crippen LogP contribution in [0.1, 0.15) is 35.2 Å². The Morgan fingerprint density at radius 2 is 1.83 bits per heavy atom. The lowest BCUT2D eigenvalue weighted by atomic mass is 9.90. The summed E-state index contributed by atoms with van der Waals surface area (Å²) < 4.78 is 1.89. The molecule has 4 rings (SSSR count). The molecule has 3 nitrogen and oxygen atoms in total. The number of benzene rings is 2.